The molecular weight excluding hydrogens is 291 g/mol. The van der Waals surface area contributed by atoms with Gasteiger partial charge < -0.3 is 4.74 Å². The first-order valence-corrected chi connectivity index (χ1v) is 7.94. The Hall–Kier alpha value is -0.680. The van der Waals surface area contributed by atoms with Crippen molar-refractivity contribution in [1.82, 2.24) is 5.43 Å². The summed E-state index contributed by atoms with van der Waals surface area (Å²) < 4.78 is 19.9. The molecule has 1 saturated carbocycles. The number of nitrogens with two attached hydrogens (primary N) is 1. The van der Waals surface area contributed by atoms with E-state index in [-0.39, 0.29) is 17.5 Å². The van der Waals surface area contributed by atoms with Crippen molar-refractivity contribution >= 4 is 11.6 Å². The van der Waals surface area contributed by atoms with E-state index in [2.05, 4.69) is 5.43 Å². The highest BCUT2D eigenvalue weighted by atomic mass is 35.5. The molecule has 2 rings (SSSR count). The molecule has 1 unspecified atom stereocenters. The van der Waals surface area contributed by atoms with Crippen LogP contribution in [0.5, 0.6) is 0 Å². The van der Waals surface area contributed by atoms with E-state index in [1.807, 2.05) is 0 Å². The monoisotopic (exact) mass is 314 g/mol. The average Bonchev–Trinajstić information content (AvgIpc) is 2.73. The lowest BCUT2D eigenvalue weighted by molar-refractivity contribution is -0.0528. The molecular formula is C16H24ClFN2O. The van der Waals surface area contributed by atoms with E-state index in [9.17, 15) is 4.39 Å². The second-order valence-corrected chi connectivity index (χ2v) is 6.28. The summed E-state index contributed by atoms with van der Waals surface area (Å²) in [5.41, 5.74) is 3.15. The molecule has 1 aromatic rings. The molecule has 0 bridgehead atoms. The van der Waals surface area contributed by atoms with Crippen molar-refractivity contribution in [3.63, 3.8) is 0 Å². The van der Waals surface area contributed by atoms with Gasteiger partial charge in [0.25, 0.3) is 0 Å². The Kier molecular flexibility index (Phi) is 5.99. The predicted molar refractivity (Wildman–Crippen MR) is 83.7 cm³/mol. The van der Waals surface area contributed by atoms with Gasteiger partial charge in [0.15, 0.2) is 0 Å². The van der Waals surface area contributed by atoms with Crippen molar-refractivity contribution in [3.05, 3.63) is 34.6 Å². The van der Waals surface area contributed by atoms with E-state index < -0.39 is 0 Å². The van der Waals surface area contributed by atoms with Gasteiger partial charge >= 0.3 is 0 Å². The lowest BCUT2D eigenvalue weighted by Crippen LogP contribution is -2.55. The topological polar surface area (TPSA) is 47.3 Å². The summed E-state index contributed by atoms with van der Waals surface area (Å²) in [6.45, 7) is 0. The first kappa shape index (κ1) is 16.7. The number of halogens is 2. The van der Waals surface area contributed by atoms with Crippen molar-refractivity contribution in [1.29, 1.82) is 0 Å². The van der Waals surface area contributed by atoms with E-state index in [1.165, 1.54) is 18.9 Å². The summed E-state index contributed by atoms with van der Waals surface area (Å²) in [5, 5.41) is 0.407. The van der Waals surface area contributed by atoms with Gasteiger partial charge in [-0.25, -0.2) is 4.39 Å². The standard InChI is InChI=1S/C16H24ClFN2O/c1-21-16(8-4-2-3-5-9-16)15(20-19)10-12-6-7-13(17)11-14(12)18/h6-7,11,15,20H,2-5,8-10,19H2,1H3. The van der Waals surface area contributed by atoms with Gasteiger partial charge in [0, 0.05) is 12.1 Å². The number of hydrogen-bond donors (Lipinski definition) is 2. The second kappa shape index (κ2) is 7.54. The zero-order valence-corrected chi connectivity index (χ0v) is 13.3. The fourth-order valence-electron chi connectivity index (χ4n) is 3.33. The average molecular weight is 315 g/mol. The smallest absolute Gasteiger partial charge is 0.127 e. The number of benzene rings is 1. The van der Waals surface area contributed by atoms with Crippen LogP contribution >= 0.6 is 11.6 Å². The predicted octanol–water partition coefficient (Wildman–Crippen LogP) is 3.59. The van der Waals surface area contributed by atoms with Crippen LogP contribution in [-0.4, -0.2) is 18.8 Å². The largest absolute Gasteiger partial charge is 0.377 e. The Labute approximate surface area is 131 Å². The first-order valence-electron chi connectivity index (χ1n) is 7.56. The van der Waals surface area contributed by atoms with E-state index in [0.717, 1.165) is 25.7 Å². The normalized spacial score (nSPS) is 20.0. The van der Waals surface area contributed by atoms with Gasteiger partial charge in [-0.2, -0.15) is 0 Å². The molecule has 1 aliphatic rings. The minimum atomic E-state index is -0.322. The Morgan fingerprint density at radius 1 is 1.33 bits per heavy atom. The Morgan fingerprint density at radius 2 is 2.00 bits per heavy atom. The molecule has 0 spiro atoms. The SMILES string of the molecule is COC1(C(Cc2ccc(Cl)cc2F)NN)CCCCCC1. The maximum absolute atomic E-state index is 14.0. The quantitative estimate of drug-likeness (QED) is 0.496. The van der Waals surface area contributed by atoms with Crippen LogP contribution in [0.1, 0.15) is 44.1 Å². The molecule has 0 aromatic heterocycles. The van der Waals surface area contributed by atoms with Gasteiger partial charge in [0.05, 0.1) is 11.6 Å². The fourth-order valence-corrected chi connectivity index (χ4v) is 3.48. The molecule has 0 saturated heterocycles. The molecule has 0 aliphatic heterocycles. The van der Waals surface area contributed by atoms with Crippen LogP contribution in [0.15, 0.2) is 18.2 Å². The van der Waals surface area contributed by atoms with Gasteiger partial charge in [-0.1, -0.05) is 43.4 Å². The molecule has 1 fully saturated rings. The van der Waals surface area contributed by atoms with Gasteiger partial charge in [0.1, 0.15) is 5.82 Å². The molecule has 0 radical (unpaired) electrons. The van der Waals surface area contributed by atoms with E-state index in [4.69, 9.17) is 22.2 Å². The third kappa shape index (κ3) is 3.95. The molecule has 1 aromatic carbocycles. The van der Waals surface area contributed by atoms with Crippen molar-refractivity contribution in [2.24, 2.45) is 5.84 Å². The molecule has 21 heavy (non-hydrogen) atoms. The van der Waals surface area contributed by atoms with Crippen LogP contribution in [0.3, 0.4) is 0 Å². The fraction of sp³-hybridized carbons (Fsp3) is 0.625. The summed E-state index contributed by atoms with van der Waals surface area (Å²) >= 11 is 5.81. The third-order valence-electron chi connectivity index (χ3n) is 4.63. The van der Waals surface area contributed by atoms with Gasteiger partial charge in [-0.05, 0) is 37.0 Å². The van der Waals surface area contributed by atoms with E-state index in [0.29, 0.717) is 17.0 Å². The third-order valence-corrected chi connectivity index (χ3v) is 4.87. The van der Waals surface area contributed by atoms with Gasteiger partial charge in [0.2, 0.25) is 0 Å². The maximum Gasteiger partial charge on any atom is 0.127 e. The highest BCUT2D eigenvalue weighted by Gasteiger charge is 2.39. The maximum atomic E-state index is 14.0. The molecule has 118 valence electrons. The number of rotatable bonds is 5. The Balaban J connectivity index is 2.20. The highest BCUT2D eigenvalue weighted by molar-refractivity contribution is 6.30. The number of methoxy groups -OCH3 is 1. The summed E-state index contributed by atoms with van der Waals surface area (Å²) in [4.78, 5) is 0. The molecule has 1 atom stereocenters. The summed E-state index contributed by atoms with van der Waals surface area (Å²) in [7, 11) is 1.73. The summed E-state index contributed by atoms with van der Waals surface area (Å²) in [6, 6.07) is 4.66. The zero-order chi connectivity index (χ0) is 15.3. The number of ether oxygens (including phenoxy) is 1. The molecule has 3 nitrogen and oxygen atoms in total. The number of nitrogens with one attached hydrogen (secondary N) is 1. The van der Waals surface area contributed by atoms with Crippen LogP contribution in [0, 0.1) is 5.82 Å². The minimum Gasteiger partial charge on any atom is -0.377 e. The molecule has 0 amide bonds. The van der Waals surface area contributed by atoms with Crippen LogP contribution in [-0.2, 0) is 11.2 Å². The van der Waals surface area contributed by atoms with Crippen LogP contribution in [0.2, 0.25) is 5.02 Å². The van der Waals surface area contributed by atoms with Crippen molar-refractivity contribution in [2.75, 3.05) is 7.11 Å². The van der Waals surface area contributed by atoms with Crippen molar-refractivity contribution < 1.29 is 9.13 Å². The molecule has 0 heterocycles. The van der Waals surface area contributed by atoms with E-state index in [1.54, 1.807) is 19.2 Å². The highest BCUT2D eigenvalue weighted by Crippen LogP contribution is 2.34. The minimum absolute atomic E-state index is 0.115. The van der Waals surface area contributed by atoms with Gasteiger partial charge in [-0.15, -0.1) is 0 Å². The van der Waals surface area contributed by atoms with E-state index >= 15 is 0 Å². The van der Waals surface area contributed by atoms with Crippen LogP contribution < -0.4 is 11.3 Å². The van der Waals surface area contributed by atoms with Gasteiger partial charge in [-0.3, -0.25) is 11.3 Å². The lowest BCUT2D eigenvalue weighted by atomic mass is 9.83. The second-order valence-electron chi connectivity index (χ2n) is 5.84. The first-order chi connectivity index (χ1) is 10.1. The zero-order valence-electron chi connectivity index (χ0n) is 12.5. The Morgan fingerprint density at radius 3 is 2.52 bits per heavy atom. The molecule has 3 N–H and O–H groups in total. The number of hydrogen-bond acceptors (Lipinski definition) is 3. The number of hydrazine groups is 1. The van der Waals surface area contributed by atoms with Crippen LogP contribution in [0.4, 0.5) is 4.39 Å². The summed E-state index contributed by atoms with van der Waals surface area (Å²) in [6.07, 6.45) is 7.08. The summed E-state index contributed by atoms with van der Waals surface area (Å²) in [5.74, 6) is 5.48. The molecule has 5 heteroatoms. The van der Waals surface area contributed by atoms with Crippen LogP contribution in [0.25, 0.3) is 0 Å². The molecule has 1 aliphatic carbocycles. The Bertz CT molecular complexity index is 462. The van der Waals surface area contributed by atoms with Crippen molar-refractivity contribution in [3.8, 4) is 0 Å². The van der Waals surface area contributed by atoms with Crippen molar-refractivity contribution in [2.45, 2.75) is 56.6 Å². The lowest BCUT2D eigenvalue weighted by Gasteiger charge is -2.39.